The van der Waals surface area contributed by atoms with Gasteiger partial charge in [-0.15, -0.1) is 0 Å². The van der Waals surface area contributed by atoms with E-state index in [1.165, 1.54) is 6.07 Å². The van der Waals surface area contributed by atoms with Crippen molar-refractivity contribution in [1.29, 1.82) is 0 Å². The fourth-order valence-electron chi connectivity index (χ4n) is 1.98. The van der Waals surface area contributed by atoms with Gasteiger partial charge in [0.25, 0.3) is 0 Å². The second kappa shape index (κ2) is 5.03. The number of allylic oxidation sites excluding steroid dienone is 2. The third kappa shape index (κ3) is 2.28. The number of hydrogen-bond acceptors (Lipinski definition) is 4. The van der Waals surface area contributed by atoms with Gasteiger partial charge in [-0.25, -0.2) is 0 Å². The molecule has 0 saturated carbocycles. The normalized spacial score (nSPS) is 14.5. The molecule has 4 nitrogen and oxygen atoms in total. The summed E-state index contributed by atoms with van der Waals surface area (Å²) in [7, 11) is -3.29. The maximum absolute atomic E-state index is 9.89. The fourth-order valence-corrected chi connectivity index (χ4v) is 4.13. The first-order valence-electron chi connectivity index (χ1n) is 6.40. The van der Waals surface area contributed by atoms with Crippen LogP contribution in [0.5, 0.6) is 23.0 Å². The molecule has 106 valence electrons. The summed E-state index contributed by atoms with van der Waals surface area (Å²) >= 11 is 0. The molecular weight excluding hydrogens is 284 g/mol. The topological polar surface area (TPSA) is 47.9 Å². The summed E-state index contributed by atoms with van der Waals surface area (Å²) in [6.07, 6.45) is 1.55. The third-order valence-corrected chi connectivity index (χ3v) is 5.54. The predicted molar refractivity (Wildman–Crippen MR) is 81.5 cm³/mol. The van der Waals surface area contributed by atoms with E-state index in [0.29, 0.717) is 22.4 Å². The molecule has 0 unspecified atom stereocenters. The van der Waals surface area contributed by atoms with Gasteiger partial charge in [0.05, 0.1) is 5.20 Å². The second-order valence-corrected chi connectivity index (χ2v) is 6.87. The molecule has 3 rings (SSSR count). The predicted octanol–water partition coefficient (Wildman–Crippen LogP) is 3.46. The van der Waals surface area contributed by atoms with Crippen molar-refractivity contribution in [3.63, 3.8) is 0 Å². The van der Waals surface area contributed by atoms with Crippen molar-refractivity contribution in [1.82, 2.24) is 0 Å². The van der Waals surface area contributed by atoms with Crippen LogP contribution in [0.2, 0.25) is 0 Å². The number of para-hydroxylation sites is 4. The van der Waals surface area contributed by atoms with Gasteiger partial charge < -0.3 is 18.4 Å². The van der Waals surface area contributed by atoms with Gasteiger partial charge in [0.1, 0.15) is 0 Å². The Balaban J connectivity index is 1.99. The van der Waals surface area contributed by atoms with E-state index in [0.717, 1.165) is 0 Å². The molecule has 2 aromatic carbocycles. The highest BCUT2D eigenvalue weighted by Gasteiger charge is 2.56. The van der Waals surface area contributed by atoms with E-state index in [2.05, 4.69) is 13.2 Å². The molecule has 0 atom stereocenters. The van der Waals surface area contributed by atoms with Gasteiger partial charge in [-0.2, -0.15) is 0 Å². The minimum Gasteiger partial charge on any atom is -0.504 e. The summed E-state index contributed by atoms with van der Waals surface area (Å²) < 4.78 is 17.7. The zero-order chi connectivity index (χ0) is 14.9. The SMILES string of the molecule is C=CC(=C)[Si]1(Oc2ccccc2O)Oc2ccccc2O1. The number of fused-ring (bicyclic) bond motifs is 1. The van der Waals surface area contributed by atoms with Crippen molar-refractivity contribution >= 4 is 8.80 Å². The van der Waals surface area contributed by atoms with E-state index in [1.807, 2.05) is 12.1 Å². The molecule has 1 aliphatic rings. The Kier molecular flexibility index (Phi) is 3.19. The molecule has 0 amide bonds. The summed E-state index contributed by atoms with van der Waals surface area (Å²) in [5.74, 6) is 1.51. The minimum atomic E-state index is -3.29. The Hall–Kier alpha value is -2.66. The molecule has 0 fully saturated rings. The zero-order valence-electron chi connectivity index (χ0n) is 11.3. The van der Waals surface area contributed by atoms with E-state index in [-0.39, 0.29) is 5.75 Å². The first kappa shape index (κ1) is 13.3. The number of aromatic hydroxyl groups is 1. The molecular formula is C16H14O4Si. The van der Waals surface area contributed by atoms with Crippen molar-refractivity contribution in [2.45, 2.75) is 0 Å². The van der Waals surface area contributed by atoms with Crippen molar-refractivity contribution in [2.24, 2.45) is 0 Å². The molecule has 0 aromatic heterocycles. The molecule has 0 saturated heterocycles. The Morgan fingerprint density at radius 1 is 1.05 bits per heavy atom. The van der Waals surface area contributed by atoms with Gasteiger partial charge in [-0.1, -0.05) is 43.5 Å². The van der Waals surface area contributed by atoms with Gasteiger partial charge in [0.2, 0.25) is 0 Å². The molecule has 0 bridgehead atoms. The van der Waals surface area contributed by atoms with Crippen LogP contribution in [-0.4, -0.2) is 13.9 Å². The molecule has 1 heterocycles. The summed E-state index contributed by atoms with van der Waals surface area (Å²) in [5, 5.41) is 10.4. The maximum Gasteiger partial charge on any atom is 0.736 e. The highest BCUT2D eigenvalue weighted by Crippen LogP contribution is 2.41. The average molecular weight is 298 g/mol. The molecule has 1 N–H and O–H groups in total. The number of phenols is 1. The Morgan fingerprint density at radius 2 is 1.62 bits per heavy atom. The zero-order valence-corrected chi connectivity index (χ0v) is 12.3. The van der Waals surface area contributed by atoms with Crippen LogP contribution < -0.4 is 13.3 Å². The Labute approximate surface area is 123 Å². The van der Waals surface area contributed by atoms with E-state index in [4.69, 9.17) is 13.3 Å². The molecule has 2 aromatic rings. The van der Waals surface area contributed by atoms with E-state index in [9.17, 15) is 5.11 Å². The van der Waals surface area contributed by atoms with E-state index >= 15 is 0 Å². The number of phenolic OH excluding ortho intramolecular Hbond substituents is 1. The largest absolute Gasteiger partial charge is 0.736 e. The fraction of sp³-hybridized carbons (Fsp3) is 0. The van der Waals surface area contributed by atoms with Gasteiger partial charge in [-0.3, -0.25) is 0 Å². The summed E-state index contributed by atoms with van der Waals surface area (Å²) in [5.41, 5.74) is 0. The smallest absolute Gasteiger partial charge is 0.504 e. The van der Waals surface area contributed by atoms with Gasteiger partial charge in [-0.05, 0) is 24.3 Å². The molecule has 0 aliphatic carbocycles. The third-order valence-electron chi connectivity index (χ3n) is 3.09. The first-order valence-corrected chi connectivity index (χ1v) is 8.13. The van der Waals surface area contributed by atoms with Crippen molar-refractivity contribution in [3.8, 4) is 23.0 Å². The quantitative estimate of drug-likeness (QED) is 0.693. The standard InChI is InChI=1S/C16H14O4Si/c1-3-12(2)21(18-14-9-5-4-8-13(14)17)19-15-10-6-7-11-16(15)20-21/h3-11,17H,1-2H2. The van der Waals surface area contributed by atoms with Crippen LogP contribution in [0.3, 0.4) is 0 Å². The number of hydrogen-bond donors (Lipinski definition) is 1. The highest BCUT2D eigenvalue weighted by atomic mass is 28.4. The lowest BCUT2D eigenvalue weighted by Gasteiger charge is -2.23. The number of benzene rings is 2. The lowest BCUT2D eigenvalue weighted by Crippen LogP contribution is -2.53. The van der Waals surface area contributed by atoms with Crippen LogP contribution in [-0.2, 0) is 0 Å². The number of rotatable bonds is 4. The lowest BCUT2D eigenvalue weighted by atomic mass is 10.3. The highest BCUT2D eigenvalue weighted by molar-refractivity contribution is 6.72. The maximum atomic E-state index is 9.89. The molecule has 0 spiro atoms. The minimum absolute atomic E-state index is 0.0180. The first-order chi connectivity index (χ1) is 10.1. The van der Waals surface area contributed by atoms with Crippen molar-refractivity contribution in [3.05, 3.63) is 73.0 Å². The van der Waals surface area contributed by atoms with Crippen LogP contribution in [0.1, 0.15) is 0 Å². The summed E-state index contributed by atoms with van der Waals surface area (Å²) in [4.78, 5) is 0. The van der Waals surface area contributed by atoms with Crippen molar-refractivity contribution in [2.75, 3.05) is 0 Å². The monoisotopic (exact) mass is 298 g/mol. The second-order valence-electron chi connectivity index (χ2n) is 4.51. The van der Waals surface area contributed by atoms with Crippen molar-refractivity contribution < 1.29 is 18.4 Å². The van der Waals surface area contributed by atoms with Gasteiger partial charge in [0, 0.05) is 0 Å². The van der Waals surface area contributed by atoms with Crippen LogP contribution in [0.4, 0.5) is 0 Å². The summed E-state index contributed by atoms with van der Waals surface area (Å²) in [6.45, 7) is 7.63. The van der Waals surface area contributed by atoms with Crippen LogP contribution in [0.15, 0.2) is 73.0 Å². The molecule has 21 heavy (non-hydrogen) atoms. The van der Waals surface area contributed by atoms with Gasteiger partial charge in [0.15, 0.2) is 23.0 Å². The Bertz CT molecular complexity index is 686. The average Bonchev–Trinajstić information content (AvgIpc) is 2.88. The molecule has 5 heteroatoms. The molecule has 1 aliphatic heterocycles. The van der Waals surface area contributed by atoms with Gasteiger partial charge >= 0.3 is 8.80 Å². The Morgan fingerprint density at radius 3 is 2.19 bits per heavy atom. The lowest BCUT2D eigenvalue weighted by molar-refractivity contribution is 0.308. The van der Waals surface area contributed by atoms with Crippen LogP contribution in [0.25, 0.3) is 0 Å². The van der Waals surface area contributed by atoms with Crippen LogP contribution >= 0.6 is 0 Å². The molecule has 0 radical (unpaired) electrons. The summed E-state index contributed by atoms with van der Waals surface area (Å²) in [6, 6.07) is 14.0. The van der Waals surface area contributed by atoms with E-state index in [1.54, 1.807) is 36.4 Å². The van der Waals surface area contributed by atoms with E-state index < -0.39 is 8.80 Å². The van der Waals surface area contributed by atoms with Crippen LogP contribution in [0, 0.1) is 0 Å².